The summed E-state index contributed by atoms with van der Waals surface area (Å²) in [6, 6.07) is 15.3. The second kappa shape index (κ2) is 7.97. The van der Waals surface area contributed by atoms with Gasteiger partial charge in [-0.05, 0) is 50.2 Å². The Labute approximate surface area is 160 Å². The third kappa shape index (κ3) is 4.68. The summed E-state index contributed by atoms with van der Waals surface area (Å²) in [5.74, 6) is -0.292. The molecular weight excluding hydrogens is 364 g/mol. The van der Waals surface area contributed by atoms with Gasteiger partial charge < -0.3 is 4.98 Å². The van der Waals surface area contributed by atoms with Crippen LogP contribution in [0.25, 0.3) is 0 Å². The van der Waals surface area contributed by atoms with Crippen molar-refractivity contribution < 1.29 is 4.79 Å². The van der Waals surface area contributed by atoms with E-state index in [1.54, 1.807) is 31.2 Å². The first-order valence-electron chi connectivity index (χ1n) is 8.21. The number of H-pyrrole nitrogens is 1. The van der Waals surface area contributed by atoms with E-state index >= 15 is 0 Å². The van der Waals surface area contributed by atoms with Crippen LogP contribution in [0.1, 0.15) is 27.4 Å². The standard InChI is InChI=1S/C20H17ClN4O2/c1-12-3-9-16(10-4-12)24-25-18(20-22-13(2)11-17(26)23-20)19(27)14-5-7-15(21)8-6-14/h3-11,24H,1-2H3,(H,22,23,26)/b25-18+. The normalized spacial score (nSPS) is 11.3. The predicted octanol–water partition coefficient (Wildman–Crippen LogP) is 3.74. The lowest BCUT2D eigenvalue weighted by Crippen LogP contribution is -2.24. The first-order valence-corrected chi connectivity index (χ1v) is 8.59. The van der Waals surface area contributed by atoms with E-state index in [2.05, 4.69) is 20.5 Å². The molecule has 7 heteroatoms. The van der Waals surface area contributed by atoms with Crippen molar-refractivity contribution >= 4 is 28.8 Å². The number of nitrogens with zero attached hydrogens (tertiary/aromatic N) is 2. The molecule has 1 heterocycles. The number of nitrogens with one attached hydrogen (secondary N) is 2. The maximum Gasteiger partial charge on any atom is 0.251 e. The third-order valence-electron chi connectivity index (χ3n) is 3.76. The molecule has 0 radical (unpaired) electrons. The monoisotopic (exact) mass is 380 g/mol. The number of aromatic amines is 1. The lowest BCUT2D eigenvalue weighted by atomic mass is 10.1. The second-order valence-corrected chi connectivity index (χ2v) is 6.45. The van der Waals surface area contributed by atoms with Gasteiger partial charge >= 0.3 is 0 Å². The molecule has 2 aromatic carbocycles. The van der Waals surface area contributed by atoms with Crippen molar-refractivity contribution in [2.45, 2.75) is 13.8 Å². The van der Waals surface area contributed by atoms with Crippen molar-refractivity contribution in [2.75, 3.05) is 5.43 Å². The summed E-state index contributed by atoms with van der Waals surface area (Å²) in [7, 11) is 0. The van der Waals surface area contributed by atoms with Gasteiger partial charge in [0.25, 0.3) is 5.56 Å². The number of rotatable bonds is 5. The van der Waals surface area contributed by atoms with Gasteiger partial charge in [-0.15, -0.1) is 0 Å². The lowest BCUT2D eigenvalue weighted by Gasteiger charge is -2.08. The minimum absolute atomic E-state index is 0.00121. The van der Waals surface area contributed by atoms with E-state index in [4.69, 9.17) is 11.6 Å². The van der Waals surface area contributed by atoms with Gasteiger partial charge in [0.2, 0.25) is 5.78 Å². The molecule has 0 aliphatic heterocycles. The Balaban J connectivity index is 2.03. The number of hydrazone groups is 1. The van der Waals surface area contributed by atoms with Gasteiger partial charge in [0.15, 0.2) is 11.5 Å². The Morgan fingerprint density at radius 1 is 1.07 bits per heavy atom. The van der Waals surface area contributed by atoms with Crippen LogP contribution >= 0.6 is 11.6 Å². The fourth-order valence-electron chi connectivity index (χ4n) is 2.39. The highest BCUT2D eigenvalue weighted by molar-refractivity contribution is 6.50. The molecule has 3 rings (SSSR count). The molecule has 2 N–H and O–H groups in total. The van der Waals surface area contributed by atoms with Gasteiger partial charge in [0.1, 0.15) is 0 Å². The Bertz CT molecular complexity index is 1050. The summed E-state index contributed by atoms with van der Waals surface area (Å²) in [6.07, 6.45) is 0. The number of aryl methyl sites for hydroxylation is 2. The van der Waals surface area contributed by atoms with E-state index in [0.717, 1.165) is 5.56 Å². The van der Waals surface area contributed by atoms with Gasteiger partial charge in [-0.3, -0.25) is 15.0 Å². The van der Waals surface area contributed by atoms with E-state index in [1.165, 1.54) is 6.07 Å². The number of hydrogen-bond acceptors (Lipinski definition) is 5. The highest BCUT2D eigenvalue weighted by Crippen LogP contribution is 2.13. The average molecular weight is 381 g/mol. The molecule has 0 aliphatic carbocycles. The average Bonchev–Trinajstić information content (AvgIpc) is 2.63. The van der Waals surface area contributed by atoms with E-state index in [1.807, 2.05) is 31.2 Å². The predicted molar refractivity (Wildman–Crippen MR) is 107 cm³/mol. The van der Waals surface area contributed by atoms with Gasteiger partial charge in [-0.2, -0.15) is 5.10 Å². The molecule has 0 atom stereocenters. The number of hydrogen-bond donors (Lipinski definition) is 2. The zero-order chi connectivity index (χ0) is 19.4. The molecule has 0 aliphatic rings. The molecule has 0 unspecified atom stereocenters. The smallest absolute Gasteiger partial charge is 0.251 e. The van der Waals surface area contributed by atoms with Crippen molar-refractivity contribution in [1.29, 1.82) is 0 Å². The molecule has 136 valence electrons. The molecule has 27 heavy (non-hydrogen) atoms. The first-order chi connectivity index (χ1) is 12.9. The molecule has 0 bridgehead atoms. The number of Topliss-reactive ketones (excluding diaryl/α,β-unsaturated/α-hetero) is 1. The van der Waals surface area contributed by atoms with Crippen LogP contribution in [-0.4, -0.2) is 21.5 Å². The van der Waals surface area contributed by atoms with E-state index in [9.17, 15) is 9.59 Å². The molecule has 6 nitrogen and oxygen atoms in total. The Kier molecular flexibility index (Phi) is 5.47. The molecule has 0 fully saturated rings. The topological polar surface area (TPSA) is 87.2 Å². The Hall–Kier alpha value is -3.25. The fourth-order valence-corrected chi connectivity index (χ4v) is 2.52. The number of ketones is 1. The number of benzene rings is 2. The second-order valence-electron chi connectivity index (χ2n) is 6.01. The van der Waals surface area contributed by atoms with Crippen molar-refractivity contribution in [3.63, 3.8) is 0 Å². The van der Waals surface area contributed by atoms with Crippen molar-refractivity contribution in [3.05, 3.63) is 92.6 Å². The first kappa shape index (κ1) is 18.5. The molecule has 0 amide bonds. The quantitative estimate of drug-likeness (QED) is 0.401. The maximum atomic E-state index is 13.0. The highest BCUT2D eigenvalue weighted by Gasteiger charge is 2.19. The third-order valence-corrected chi connectivity index (χ3v) is 4.02. The highest BCUT2D eigenvalue weighted by atomic mass is 35.5. The van der Waals surface area contributed by atoms with Crippen LogP contribution in [0.4, 0.5) is 5.69 Å². The van der Waals surface area contributed by atoms with Crippen LogP contribution in [0.2, 0.25) is 5.02 Å². The Morgan fingerprint density at radius 2 is 1.74 bits per heavy atom. The van der Waals surface area contributed by atoms with Crippen LogP contribution in [0.5, 0.6) is 0 Å². The van der Waals surface area contributed by atoms with Gasteiger partial charge in [0, 0.05) is 22.3 Å². The number of aromatic nitrogens is 2. The summed E-state index contributed by atoms with van der Waals surface area (Å²) in [4.78, 5) is 31.6. The largest absolute Gasteiger partial charge is 0.305 e. The number of carbonyl (C=O) groups is 1. The van der Waals surface area contributed by atoms with Crippen LogP contribution in [0, 0.1) is 13.8 Å². The van der Waals surface area contributed by atoms with Gasteiger partial charge in [0.05, 0.1) is 5.69 Å². The summed E-state index contributed by atoms with van der Waals surface area (Å²) in [5.41, 5.74) is 5.17. The zero-order valence-corrected chi connectivity index (χ0v) is 15.5. The summed E-state index contributed by atoms with van der Waals surface area (Å²) in [5, 5.41) is 4.74. The minimum Gasteiger partial charge on any atom is -0.305 e. The van der Waals surface area contributed by atoms with Gasteiger partial charge in [-0.1, -0.05) is 29.3 Å². The molecule has 0 saturated heterocycles. The Morgan fingerprint density at radius 3 is 2.37 bits per heavy atom. The zero-order valence-electron chi connectivity index (χ0n) is 14.8. The van der Waals surface area contributed by atoms with Crippen LogP contribution in [0.3, 0.4) is 0 Å². The summed E-state index contributed by atoms with van der Waals surface area (Å²) < 4.78 is 0. The minimum atomic E-state index is -0.389. The lowest BCUT2D eigenvalue weighted by molar-refractivity contribution is 0.106. The summed E-state index contributed by atoms with van der Waals surface area (Å²) >= 11 is 5.89. The number of anilines is 1. The molecule has 0 spiro atoms. The number of carbonyl (C=O) groups excluding carboxylic acids is 1. The van der Waals surface area contributed by atoms with E-state index in [-0.39, 0.29) is 22.9 Å². The van der Waals surface area contributed by atoms with Crippen LogP contribution in [-0.2, 0) is 0 Å². The van der Waals surface area contributed by atoms with Gasteiger partial charge in [-0.25, -0.2) is 4.98 Å². The van der Waals surface area contributed by atoms with E-state index < -0.39 is 0 Å². The van der Waals surface area contributed by atoms with Crippen molar-refractivity contribution in [2.24, 2.45) is 5.10 Å². The van der Waals surface area contributed by atoms with E-state index in [0.29, 0.717) is 22.0 Å². The molecular formula is C20H17ClN4O2. The van der Waals surface area contributed by atoms with Crippen molar-refractivity contribution in [1.82, 2.24) is 9.97 Å². The maximum absolute atomic E-state index is 13.0. The molecule has 3 aromatic rings. The van der Waals surface area contributed by atoms with Crippen LogP contribution < -0.4 is 11.0 Å². The molecule has 0 saturated carbocycles. The molecule has 1 aromatic heterocycles. The number of halogens is 1. The fraction of sp³-hybridized carbons (Fsp3) is 0.100. The summed E-state index contributed by atoms with van der Waals surface area (Å²) in [6.45, 7) is 3.65. The SMILES string of the molecule is Cc1ccc(N/N=C(\C(=O)c2ccc(Cl)cc2)c2nc(C)cc(=O)[nH]2)cc1. The van der Waals surface area contributed by atoms with Crippen LogP contribution in [0.15, 0.2) is 64.5 Å². The van der Waals surface area contributed by atoms with Crippen molar-refractivity contribution in [3.8, 4) is 0 Å².